The molecule has 0 aromatic heterocycles. The van der Waals surface area contributed by atoms with Gasteiger partial charge < -0.3 is 5.32 Å². The lowest BCUT2D eigenvalue weighted by molar-refractivity contribution is -0.121. The molecule has 0 heterocycles. The molecule has 1 aliphatic rings. The third-order valence-electron chi connectivity index (χ3n) is 6.75. The summed E-state index contributed by atoms with van der Waals surface area (Å²) in [7, 11) is -3.97. The maximum Gasteiger partial charge on any atom is 0.255 e. The van der Waals surface area contributed by atoms with E-state index in [0.717, 1.165) is 37.0 Å². The Morgan fingerprint density at radius 1 is 1.00 bits per heavy atom. The van der Waals surface area contributed by atoms with E-state index in [2.05, 4.69) is 36.6 Å². The van der Waals surface area contributed by atoms with E-state index < -0.39 is 15.9 Å². The van der Waals surface area contributed by atoms with Gasteiger partial charge >= 0.3 is 0 Å². The van der Waals surface area contributed by atoms with Crippen LogP contribution in [0.25, 0.3) is 0 Å². The van der Waals surface area contributed by atoms with Crippen LogP contribution in [0, 0.1) is 11.3 Å². The zero-order valence-electron chi connectivity index (χ0n) is 22.2. The van der Waals surface area contributed by atoms with Crippen LogP contribution >= 0.6 is 0 Å². The first-order valence-corrected chi connectivity index (χ1v) is 14.1. The monoisotopic (exact) mass is 526 g/mol. The van der Waals surface area contributed by atoms with E-state index in [4.69, 9.17) is 0 Å². The largest absolute Gasteiger partial charge is 0.326 e. The Bertz CT molecular complexity index is 1190. The third kappa shape index (κ3) is 8.50. The lowest BCUT2D eigenvalue weighted by Crippen LogP contribution is -2.40. The molecule has 0 aliphatic heterocycles. The van der Waals surface area contributed by atoms with Gasteiger partial charge in [-0.05, 0) is 73.3 Å². The number of hydrogen-bond donors (Lipinski definition) is 2. The van der Waals surface area contributed by atoms with Gasteiger partial charge in [-0.15, -0.1) is 0 Å². The fourth-order valence-corrected chi connectivity index (χ4v) is 5.91. The summed E-state index contributed by atoms with van der Waals surface area (Å²) in [5.41, 5.74) is 5.25. The molecule has 1 saturated carbocycles. The van der Waals surface area contributed by atoms with E-state index >= 15 is 0 Å². The van der Waals surface area contributed by atoms with Crippen LogP contribution in [0.4, 0.5) is 5.69 Å². The molecule has 0 radical (unpaired) electrons. The molecule has 0 atom stereocenters. The summed E-state index contributed by atoms with van der Waals surface area (Å²) in [4.78, 5) is 24.2. The van der Waals surface area contributed by atoms with Gasteiger partial charge in [0.15, 0.2) is 0 Å². The van der Waals surface area contributed by atoms with Gasteiger partial charge in [0, 0.05) is 24.9 Å². The second-order valence-electron chi connectivity index (χ2n) is 10.6. The molecular formula is C28H38N4O4S. The van der Waals surface area contributed by atoms with Gasteiger partial charge in [-0.2, -0.15) is 9.41 Å². The number of anilines is 1. The predicted octanol–water partition coefficient (Wildman–Crippen LogP) is 4.59. The summed E-state index contributed by atoms with van der Waals surface area (Å²) < 4.78 is 28.1. The van der Waals surface area contributed by atoms with Crippen molar-refractivity contribution in [2.24, 2.45) is 16.4 Å². The van der Waals surface area contributed by atoms with E-state index in [1.54, 1.807) is 0 Å². The van der Waals surface area contributed by atoms with Crippen LogP contribution in [-0.2, 0) is 26.0 Å². The standard InChI is InChI=1S/C28H38N4O4S/c1-21(33)29-24-14-16-26(17-15-24)37(35,36)32(19-18-22-8-6-5-7-9-22)20-27(34)31-30-25-12-10-23(11-13-25)28(2,3)4/h5-9,14-17,23H,10-13,18-20H2,1-4H3,(H,29,33)(H,31,34). The molecule has 1 fully saturated rings. The summed E-state index contributed by atoms with van der Waals surface area (Å²) >= 11 is 0. The Balaban J connectivity index is 1.71. The molecule has 1 aliphatic carbocycles. The molecule has 2 N–H and O–H groups in total. The van der Waals surface area contributed by atoms with Gasteiger partial charge in [-0.3, -0.25) is 9.59 Å². The minimum atomic E-state index is -3.97. The van der Waals surface area contributed by atoms with E-state index in [1.807, 2.05) is 30.3 Å². The maximum atomic E-state index is 13.5. The molecule has 8 nitrogen and oxygen atoms in total. The van der Waals surface area contributed by atoms with Crippen molar-refractivity contribution in [2.45, 2.75) is 64.7 Å². The van der Waals surface area contributed by atoms with E-state index in [0.29, 0.717) is 18.0 Å². The number of nitrogens with one attached hydrogen (secondary N) is 2. The van der Waals surface area contributed by atoms with Crippen LogP contribution in [0.2, 0.25) is 0 Å². The number of rotatable bonds is 9. The first kappa shape index (κ1) is 28.5. The molecule has 2 aromatic rings. The van der Waals surface area contributed by atoms with Gasteiger partial charge in [0.05, 0.1) is 11.4 Å². The second kappa shape index (κ2) is 12.5. The highest BCUT2D eigenvalue weighted by Gasteiger charge is 2.29. The number of benzene rings is 2. The highest BCUT2D eigenvalue weighted by molar-refractivity contribution is 7.89. The lowest BCUT2D eigenvalue weighted by atomic mass is 9.72. The van der Waals surface area contributed by atoms with Crippen LogP contribution < -0.4 is 10.7 Å². The Hall–Kier alpha value is -3.04. The molecule has 37 heavy (non-hydrogen) atoms. The Morgan fingerprint density at radius 3 is 2.19 bits per heavy atom. The predicted molar refractivity (Wildman–Crippen MR) is 147 cm³/mol. The van der Waals surface area contributed by atoms with Crippen molar-refractivity contribution >= 4 is 33.2 Å². The zero-order chi connectivity index (χ0) is 27.1. The summed E-state index contributed by atoms with van der Waals surface area (Å²) in [6.07, 6.45) is 4.19. The van der Waals surface area contributed by atoms with Crippen molar-refractivity contribution in [1.82, 2.24) is 9.73 Å². The third-order valence-corrected chi connectivity index (χ3v) is 8.61. The Morgan fingerprint density at radius 2 is 1.62 bits per heavy atom. The van der Waals surface area contributed by atoms with Crippen molar-refractivity contribution < 1.29 is 18.0 Å². The van der Waals surface area contributed by atoms with E-state index in [1.165, 1.54) is 35.5 Å². The van der Waals surface area contributed by atoms with Gasteiger partial charge in [-0.1, -0.05) is 51.1 Å². The van der Waals surface area contributed by atoms with Crippen LogP contribution in [0.1, 0.15) is 58.9 Å². The highest BCUT2D eigenvalue weighted by atomic mass is 32.2. The van der Waals surface area contributed by atoms with E-state index in [-0.39, 0.29) is 29.3 Å². The number of carbonyl (C=O) groups is 2. The molecule has 9 heteroatoms. The number of amides is 2. The van der Waals surface area contributed by atoms with Crippen molar-refractivity contribution in [1.29, 1.82) is 0 Å². The first-order valence-electron chi connectivity index (χ1n) is 12.7. The minimum absolute atomic E-state index is 0.0503. The van der Waals surface area contributed by atoms with Crippen LogP contribution in [-0.4, -0.2) is 43.3 Å². The molecule has 0 saturated heterocycles. The van der Waals surface area contributed by atoms with Crippen molar-refractivity contribution in [3.63, 3.8) is 0 Å². The van der Waals surface area contributed by atoms with Gasteiger partial charge in [-0.25, -0.2) is 13.8 Å². The van der Waals surface area contributed by atoms with Crippen LogP contribution in [0.5, 0.6) is 0 Å². The molecule has 2 amide bonds. The fourth-order valence-electron chi connectivity index (χ4n) is 4.51. The summed E-state index contributed by atoms with van der Waals surface area (Å²) in [5, 5.41) is 6.94. The van der Waals surface area contributed by atoms with Gasteiger partial charge in [0.25, 0.3) is 5.91 Å². The number of carbonyl (C=O) groups excluding carboxylic acids is 2. The van der Waals surface area contributed by atoms with Gasteiger partial charge in [0.2, 0.25) is 15.9 Å². The van der Waals surface area contributed by atoms with Crippen molar-refractivity contribution in [3.8, 4) is 0 Å². The summed E-state index contributed by atoms with van der Waals surface area (Å²) in [6, 6.07) is 15.5. The number of nitrogens with zero attached hydrogens (tertiary/aromatic N) is 2. The molecule has 3 rings (SSSR count). The second-order valence-corrected chi connectivity index (χ2v) is 12.6. The van der Waals surface area contributed by atoms with Crippen LogP contribution in [0.15, 0.2) is 64.6 Å². The minimum Gasteiger partial charge on any atom is -0.326 e. The topological polar surface area (TPSA) is 108 Å². The summed E-state index contributed by atoms with van der Waals surface area (Å²) in [5.74, 6) is -0.0972. The maximum absolute atomic E-state index is 13.5. The van der Waals surface area contributed by atoms with Crippen molar-refractivity contribution in [3.05, 3.63) is 60.2 Å². The number of hydrogen-bond acceptors (Lipinski definition) is 5. The average Bonchev–Trinajstić information content (AvgIpc) is 2.85. The average molecular weight is 527 g/mol. The fraction of sp³-hybridized carbons (Fsp3) is 0.464. The zero-order valence-corrected chi connectivity index (χ0v) is 23.0. The normalized spacial score (nSPS) is 16.4. The molecule has 0 bridgehead atoms. The van der Waals surface area contributed by atoms with Crippen LogP contribution in [0.3, 0.4) is 0 Å². The Labute approximate surface area is 220 Å². The molecular weight excluding hydrogens is 488 g/mol. The molecule has 200 valence electrons. The summed E-state index contributed by atoms with van der Waals surface area (Å²) in [6.45, 7) is 7.92. The number of hydrazone groups is 1. The number of sulfonamides is 1. The lowest BCUT2D eigenvalue weighted by Gasteiger charge is -2.34. The van der Waals surface area contributed by atoms with Gasteiger partial charge in [0.1, 0.15) is 0 Å². The quantitative estimate of drug-likeness (QED) is 0.466. The SMILES string of the molecule is CC(=O)Nc1ccc(S(=O)(=O)N(CCc2ccccc2)CC(=O)NN=C2CCC(C(C)(C)C)CC2)cc1. The molecule has 2 aromatic carbocycles. The Kier molecular flexibility index (Phi) is 9.62. The van der Waals surface area contributed by atoms with E-state index in [9.17, 15) is 18.0 Å². The molecule has 0 spiro atoms. The van der Waals surface area contributed by atoms with Crippen molar-refractivity contribution in [2.75, 3.05) is 18.4 Å². The highest BCUT2D eigenvalue weighted by Crippen LogP contribution is 2.36. The molecule has 0 unspecified atom stereocenters. The first-order chi connectivity index (χ1) is 17.4. The smallest absolute Gasteiger partial charge is 0.255 e.